The molecule has 0 radical (unpaired) electrons. The summed E-state index contributed by atoms with van der Waals surface area (Å²) in [6.07, 6.45) is 3.76. The molecule has 0 amide bonds. The van der Waals surface area contributed by atoms with Crippen LogP contribution in [0.25, 0.3) is 0 Å². The van der Waals surface area contributed by atoms with Gasteiger partial charge in [-0.05, 0) is 56.5 Å². The molecule has 2 rings (SSSR count). The molecule has 17 heavy (non-hydrogen) atoms. The van der Waals surface area contributed by atoms with E-state index in [1.54, 1.807) is 0 Å². The van der Waals surface area contributed by atoms with Crippen molar-refractivity contribution in [2.75, 3.05) is 13.1 Å². The van der Waals surface area contributed by atoms with E-state index in [2.05, 4.69) is 43.0 Å². The van der Waals surface area contributed by atoms with Crippen molar-refractivity contribution >= 4 is 0 Å². The molecule has 1 aliphatic heterocycles. The minimum Gasteiger partial charge on any atom is -0.284 e. The number of piperidine rings is 1. The van der Waals surface area contributed by atoms with Crippen molar-refractivity contribution in [2.45, 2.75) is 39.2 Å². The van der Waals surface area contributed by atoms with Gasteiger partial charge in [-0.2, -0.15) is 5.26 Å². The lowest BCUT2D eigenvalue weighted by atomic mass is 9.94. The molecule has 0 bridgehead atoms. The summed E-state index contributed by atoms with van der Waals surface area (Å²) >= 11 is 0. The van der Waals surface area contributed by atoms with Crippen LogP contribution >= 0.6 is 0 Å². The molecule has 0 spiro atoms. The maximum absolute atomic E-state index is 9.49. The Hall–Kier alpha value is -1.33. The molecular formula is C15H20N2. The van der Waals surface area contributed by atoms with Gasteiger partial charge in [-0.3, -0.25) is 4.90 Å². The largest absolute Gasteiger partial charge is 0.284 e. The van der Waals surface area contributed by atoms with E-state index < -0.39 is 0 Å². The van der Waals surface area contributed by atoms with Crippen molar-refractivity contribution in [1.82, 2.24) is 4.90 Å². The SMILES string of the molecule is Cc1cccc(C)c1C(C#N)N1CCCCC1. The van der Waals surface area contributed by atoms with Crippen molar-refractivity contribution in [2.24, 2.45) is 0 Å². The van der Waals surface area contributed by atoms with E-state index in [1.165, 1.54) is 36.0 Å². The van der Waals surface area contributed by atoms with Gasteiger partial charge in [0.05, 0.1) is 6.07 Å². The fourth-order valence-corrected chi connectivity index (χ4v) is 2.76. The van der Waals surface area contributed by atoms with Gasteiger partial charge in [0.15, 0.2) is 0 Å². The van der Waals surface area contributed by atoms with E-state index in [0.29, 0.717) is 0 Å². The van der Waals surface area contributed by atoms with Crippen LogP contribution in [0, 0.1) is 25.2 Å². The molecule has 1 aliphatic rings. The summed E-state index contributed by atoms with van der Waals surface area (Å²) < 4.78 is 0. The molecule has 0 aliphatic carbocycles. The number of hydrogen-bond donors (Lipinski definition) is 0. The lowest BCUT2D eigenvalue weighted by Crippen LogP contribution is -2.33. The molecule has 1 aromatic carbocycles. The van der Waals surface area contributed by atoms with Crippen LogP contribution in [0.1, 0.15) is 42.0 Å². The van der Waals surface area contributed by atoms with Crippen LogP contribution in [0.5, 0.6) is 0 Å². The zero-order valence-corrected chi connectivity index (χ0v) is 10.7. The van der Waals surface area contributed by atoms with Crippen LogP contribution < -0.4 is 0 Å². The van der Waals surface area contributed by atoms with Gasteiger partial charge >= 0.3 is 0 Å². The number of likely N-dealkylation sites (tertiary alicyclic amines) is 1. The fourth-order valence-electron chi connectivity index (χ4n) is 2.76. The van der Waals surface area contributed by atoms with Gasteiger partial charge in [0.1, 0.15) is 6.04 Å². The highest BCUT2D eigenvalue weighted by Gasteiger charge is 2.24. The van der Waals surface area contributed by atoms with Crippen molar-refractivity contribution in [3.8, 4) is 6.07 Å². The van der Waals surface area contributed by atoms with Crippen molar-refractivity contribution < 1.29 is 0 Å². The van der Waals surface area contributed by atoms with E-state index in [4.69, 9.17) is 0 Å². The highest BCUT2D eigenvalue weighted by molar-refractivity contribution is 5.39. The van der Waals surface area contributed by atoms with Gasteiger partial charge in [0, 0.05) is 0 Å². The Bertz CT molecular complexity index is 405. The molecule has 90 valence electrons. The summed E-state index contributed by atoms with van der Waals surface area (Å²) in [5.74, 6) is 0. The molecule has 0 saturated carbocycles. The first kappa shape index (κ1) is 12.1. The molecule has 1 unspecified atom stereocenters. The molecule has 1 fully saturated rings. The third-order valence-corrected chi connectivity index (χ3v) is 3.69. The zero-order chi connectivity index (χ0) is 12.3. The molecule has 0 N–H and O–H groups in total. The molecular weight excluding hydrogens is 208 g/mol. The minimum absolute atomic E-state index is 0.0588. The Kier molecular flexibility index (Phi) is 3.81. The quantitative estimate of drug-likeness (QED) is 0.776. The number of nitrogens with zero attached hydrogens (tertiary/aromatic N) is 2. The average molecular weight is 228 g/mol. The summed E-state index contributed by atoms with van der Waals surface area (Å²) in [6, 6.07) is 8.72. The second kappa shape index (κ2) is 5.33. The maximum Gasteiger partial charge on any atom is 0.124 e. The van der Waals surface area contributed by atoms with Crippen LogP contribution in [0.2, 0.25) is 0 Å². The Labute approximate surface area is 104 Å². The van der Waals surface area contributed by atoms with E-state index in [0.717, 1.165) is 13.1 Å². The third kappa shape index (κ3) is 2.50. The summed E-state index contributed by atoms with van der Waals surface area (Å²) in [5.41, 5.74) is 3.70. The number of hydrogen-bond acceptors (Lipinski definition) is 2. The Morgan fingerprint density at radius 1 is 1.12 bits per heavy atom. The van der Waals surface area contributed by atoms with Gasteiger partial charge in [0.25, 0.3) is 0 Å². The predicted octanol–water partition coefficient (Wildman–Crippen LogP) is 3.35. The predicted molar refractivity (Wildman–Crippen MR) is 69.7 cm³/mol. The van der Waals surface area contributed by atoms with E-state index >= 15 is 0 Å². The summed E-state index contributed by atoms with van der Waals surface area (Å²) in [7, 11) is 0. The molecule has 1 atom stereocenters. The molecule has 0 aromatic heterocycles. The van der Waals surface area contributed by atoms with Crippen LogP contribution in [0.4, 0.5) is 0 Å². The maximum atomic E-state index is 9.49. The standard InChI is InChI=1S/C15H20N2/c1-12-7-6-8-13(2)15(12)14(11-16)17-9-4-3-5-10-17/h6-8,14H,3-5,9-10H2,1-2H3. The van der Waals surface area contributed by atoms with E-state index in [1.807, 2.05) is 0 Å². The first-order valence-corrected chi connectivity index (χ1v) is 6.44. The van der Waals surface area contributed by atoms with Crippen molar-refractivity contribution in [1.29, 1.82) is 5.26 Å². The van der Waals surface area contributed by atoms with Gasteiger partial charge < -0.3 is 0 Å². The monoisotopic (exact) mass is 228 g/mol. The lowest BCUT2D eigenvalue weighted by molar-refractivity contribution is 0.195. The Morgan fingerprint density at radius 3 is 2.24 bits per heavy atom. The van der Waals surface area contributed by atoms with Gasteiger partial charge in [-0.1, -0.05) is 24.6 Å². The molecule has 1 aromatic rings. The Morgan fingerprint density at radius 2 is 1.71 bits per heavy atom. The zero-order valence-electron chi connectivity index (χ0n) is 10.7. The van der Waals surface area contributed by atoms with E-state index in [-0.39, 0.29) is 6.04 Å². The summed E-state index contributed by atoms with van der Waals surface area (Å²) in [5, 5.41) is 9.49. The smallest absolute Gasteiger partial charge is 0.124 e. The topological polar surface area (TPSA) is 27.0 Å². The normalized spacial score (nSPS) is 18.6. The minimum atomic E-state index is -0.0588. The van der Waals surface area contributed by atoms with Gasteiger partial charge in [0.2, 0.25) is 0 Å². The first-order valence-electron chi connectivity index (χ1n) is 6.44. The summed E-state index contributed by atoms with van der Waals surface area (Å²) in [4.78, 5) is 2.33. The number of benzene rings is 1. The average Bonchev–Trinajstić information content (AvgIpc) is 2.35. The van der Waals surface area contributed by atoms with Gasteiger partial charge in [-0.25, -0.2) is 0 Å². The second-order valence-corrected chi connectivity index (χ2v) is 4.93. The molecule has 2 heteroatoms. The number of nitriles is 1. The first-order chi connectivity index (χ1) is 8.24. The van der Waals surface area contributed by atoms with Gasteiger partial charge in [-0.15, -0.1) is 0 Å². The number of aryl methyl sites for hydroxylation is 2. The lowest BCUT2D eigenvalue weighted by Gasteiger charge is -2.32. The van der Waals surface area contributed by atoms with Crippen LogP contribution in [0.3, 0.4) is 0 Å². The van der Waals surface area contributed by atoms with Crippen LogP contribution in [0.15, 0.2) is 18.2 Å². The van der Waals surface area contributed by atoms with Crippen LogP contribution in [-0.4, -0.2) is 18.0 Å². The van der Waals surface area contributed by atoms with Crippen molar-refractivity contribution in [3.05, 3.63) is 34.9 Å². The molecule has 1 saturated heterocycles. The highest BCUT2D eigenvalue weighted by atomic mass is 15.2. The molecule has 1 heterocycles. The second-order valence-electron chi connectivity index (χ2n) is 4.93. The summed E-state index contributed by atoms with van der Waals surface area (Å²) in [6.45, 7) is 6.34. The van der Waals surface area contributed by atoms with Crippen molar-refractivity contribution in [3.63, 3.8) is 0 Å². The Balaban J connectivity index is 2.32. The highest BCUT2D eigenvalue weighted by Crippen LogP contribution is 2.28. The fraction of sp³-hybridized carbons (Fsp3) is 0.533. The number of rotatable bonds is 2. The van der Waals surface area contributed by atoms with Crippen LogP contribution in [-0.2, 0) is 0 Å². The molecule has 2 nitrogen and oxygen atoms in total. The van der Waals surface area contributed by atoms with E-state index in [9.17, 15) is 5.26 Å². The third-order valence-electron chi connectivity index (χ3n) is 3.69.